The van der Waals surface area contributed by atoms with Crippen molar-refractivity contribution in [3.63, 3.8) is 0 Å². The highest BCUT2D eigenvalue weighted by atomic mass is 19.4. The summed E-state index contributed by atoms with van der Waals surface area (Å²) in [5.74, 6) is 0.592. The highest BCUT2D eigenvalue weighted by Crippen LogP contribution is 2.23. The van der Waals surface area contributed by atoms with E-state index >= 15 is 0 Å². The van der Waals surface area contributed by atoms with Crippen LogP contribution in [0.4, 0.5) is 18.9 Å². The monoisotopic (exact) mass is 399 g/mol. The van der Waals surface area contributed by atoms with Crippen LogP contribution in [0.25, 0.3) is 12.2 Å². The lowest BCUT2D eigenvalue weighted by atomic mass is 10.1. The SMILES string of the molecule is COc1ccc(/C=C/c2ccc(NCc3ccc(OC(F)(F)F)cc3)cc2)cc1. The van der Waals surface area contributed by atoms with Crippen LogP contribution in [0.15, 0.2) is 72.8 Å². The first-order valence-electron chi connectivity index (χ1n) is 8.92. The van der Waals surface area contributed by atoms with Crippen molar-refractivity contribution < 1.29 is 22.6 Å². The third-order valence-corrected chi connectivity index (χ3v) is 4.15. The van der Waals surface area contributed by atoms with Gasteiger partial charge >= 0.3 is 6.36 Å². The molecule has 0 aliphatic heterocycles. The number of nitrogens with one attached hydrogen (secondary N) is 1. The summed E-state index contributed by atoms with van der Waals surface area (Å²) in [7, 11) is 1.64. The number of hydrogen-bond acceptors (Lipinski definition) is 3. The van der Waals surface area contributed by atoms with Crippen LogP contribution in [-0.2, 0) is 6.54 Å². The van der Waals surface area contributed by atoms with Crippen molar-refractivity contribution in [2.24, 2.45) is 0 Å². The molecule has 3 aromatic rings. The predicted octanol–water partition coefficient (Wildman–Crippen LogP) is 6.38. The van der Waals surface area contributed by atoms with Gasteiger partial charge in [-0.25, -0.2) is 0 Å². The van der Waals surface area contributed by atoms with Crippen LogP contribution in [0, 0.1) is 0 Å². The molecule has 6 heteroatoms. The summed E-state index contributed by atoms with van der Waals surface area (Å²) < 4.78 is 45.6. The Kier molecular flexibility index (Phi) is 6.44. The molecule has 3 nitrogen and oxygen atoms in total. The zero-order valence-electron chi connectivity index (χ0n) is 15.7. The molecular weight excluding hydrogens is 379 g/mol. The van der Waals surface area contributed by atoms with E-state index in [1.807, 2.05) is 60.7 Å². The average Bonchev–Trinajstić information content (AvgIpc) is 2.72. The Balaban J connectivity index is 1.53. The van der Waals surface area contributed by atoms with Crippen molar-refractivity contribution in [3.05, 3.63) is 89.5 Å². The molecule has 150 valence electrons. The molecule has 0 aromatic heterocycles. The van der Waals surface area contributed by atoms with Crippen LogP contribution in [0.2, 0.25) is 0 Å². The third kappa shape index (κ3) is 6.60. The predicted molar refractivity (Wildman–Crippen MR) is 109 cm³/mol. The van der Waals surface area contributed by atoms with E-state index < -0.39 is 6.36 Å². The van der Waals surface area contributed by atoms with E-state index in [2.05, 4.69) is 10.1 Å². The van der Waals surface area contributed by atoms with Crippen molar-refractivity contribution in [1.82, 2.24) is 0 Å². The van der Waals surface area contributed by atoms with Gasteiger partial charge in [-0.2, -0.15) is 0 Å². The second-order valence-electron chi connectivity index (χ2n) is 6.27. The van der Waals surface area contributed by atoms with Gasteiger partial charge in [0.15, 0.2) is 0 Å². The summed E-state index contributed by atoms with van der Waals surface area (Å²) in [6.07, 6.45) is -0.638. The minimum absolute atomic E-state index is 0.228. The largest absolute Gasteiger partial charge is 0.573 e. The Morgan fingerprint density at radius 2 is 1.28 bits per heavy atom. The van der Waals surface area contributed by atoms with E-state index in [0.717, 1.165) is 28.1 Å². The van der Waals surface area contributed by atoms with Crippen molar-refractivity contribution in [3.8, 4) is 11.5 Å². The van der Waals surface area contributed by atoms with Gasteiger partial charge in [-0.1, -0.05) is 48.6 Å². The summed E-state index contributed by atoms with van der Waals surface area (Å²) in [6.45, 7) is 0.493. The molecule has 1 N–H and O–H groups in total. The molecule has 3 rings (SSSR count). The van der Waals surface area contributed by atoms with Gasteiger partial charge in [0.2, 0.25) is 0 Å². The fourth-order valence-electron chi connectivity index (χ4n) is 2.63. The van der Waals surface area contributed by atoms with Crippen molar-refractivity contribution in [2.45, 2.75) is 12.9 Å². The zero-order valence-corrected chi connectivity index (χ0v) is 15.7. The normalized spacial score (nSPS) is 11.4. The molecule has 0 amide bonds. The molecule has 3 aromatic carbocycles. The number of rotatable bonds is 7. The van der Waals surface area contributed by atoms with Crippen LogP contribution in [0.1, 0.15) is 16.7 Å². The standard InChI is InChI=1S/C23H20F3NO2/c1-28-21-12-6-18(7-13-21)3-2-17-4-10-20(11-5-17)27-16-19-8-14-22(15-9-19)29-23(24,25)26/h2-15,27H,16H2,1H3/b3-2+. The maximum Gasteiger partial charge on any atom is 0.573 e. The van der Waals surface area contributed by atoms with E-state index in [0.29, 0.717) is 6.54 Å². The molecule has 0 aliphatic rings. The maximum atomic E-state index is 12.2. The average molecular weight is 399 g/mol. The number of ether oxygens (including phenoxy) is 2. The molecule has 0 atom stereocenters. The van der Waals surface area contributed by atoms with Gasteiger partial charge in [0.1, 0.15) is 11.5 Å². The lowest BCUT2D eigenvalue weighted by Gasteiger charge is -2.10. The van der Waals surface area contributed by atoms with E-state index in [1.54, 1.807) is 19.2 Å². The first-order valence-corrected chi connectivity index (χ1v) is 8.92. The molecular formula is C23H20F3NO2. The quantitative estimate of drug-likeness (QED) is 0.468. The van der Waals surface area contributed by atoms with Gasteiger partial charge in [0.05, 0.1) is 7.11 Å². The molecule has 0 aliphatic carbocycles. The number of methoxy groups -OCH3 is 1. The van der Waals surface area contributed by atoms with E-state index in [-0.39, 0.29) is 5.75 Å². The summed E-state index contributed by atoms with van der Waals surface area (Å²) in [5.41, 5.74) is 3.90. The van der Waals surface area contributed by atoms with E-state index in [9.17, 15) is 13.2 Å². The Morgan fingerprint density at radius 3 is 1.79 bits per heavy atom. The zero-order chi connectivity index (χ0) is 20.7. The number of alkyl halides is 3. The molecule has 29 heavy (non-hydrogen) atoms. The van der Waals surface area contributed by atoms with Crippen LogP contribution in [0.5, 0.6) is 11.5 Å². The topological polar surface area (TPSA) is 30.5 Å². The maximum absolute atomic E-state index is 12.2. The van der Waals surface area contributed by atoms with Crippen molar-refractivity contribution in [1.29, 1.82) is 0 Å². The third-order valence-electron chi connectivity index (χ3n) is 4.15. The van der Waals surface area contributed by atoms with Gasteiger partial charge in [-0.15, -0.1) is 13.2 Å². The summed E-state index contributed by atoms with van der Waals surface area (Å²) in [5, 5.41) is 3.24. The number of halogens is 3. The minimum atomic E-state index is -4.68. The van der Waals surface area contributed by atoms with Crippen LogP contribution >= 0.6 is 0 Å². The first kappa shape index (κ1) is 20.3. The van der Waals surface area contributed by atoms with Crippen molar-refractivity contribution >= 4 is 17.8 Å². The summed E-state index contributed by atoms with van der Waals surface area (Å²) >= 11 is 0. The van der Waals surface area contributed by atoms with Gasteiger partial charge in [-0.3, -0.25) is 0 Å². The highest BCUT2D eigenvalue weighted by Gasteiger charge is 2.30. The highest BCUT2D eigenvalue weighted by molar-refractivity contribution is 5.70. The second-order valence-corrected chi connectivity index (χ2v) is 6.27. The molecule has 0 saturated carbocycles. The smallest absolute Gasteiger partial charge is 0.497 e. The van der Waals surface area contributed by atoms with Gasteiger partial charge in [0.25, 0.3) is 0 Å². The second kappa shape index (κ2) is 9.19. The fraction of sp³-hybridized carbons (Fsp3) is 0.130. The number of benzene rings is 3. The summed E-state index contributed by atoms with van der Waals surface area (Å²) in [6, 6.07) is 21.5. The number of anilines is 1. The molecule has 0 unspecified atom stereocenters. The lowest BCUT2D eigenvalue weighted by Crippen LogP contribution is -2.17. The Bertz CT molecular complexity index is 932. The van der Waals surface area contributed by atoms with Crippen LogP contribution in [-0.4, -0.2) is 13.5 Å². The Morgan fingerprint density at radius 1 is 0.759 bits per heavy atom. The molecule has 0 saturated heterocycles. The van der Waals surface area contributed by atoms with Crippen LogP contribution in [0.3, 0.4) is 0 Å². The van der Waals surface area contributed by atoms with E-state index in [4.69, 9.17) is 4.74 Å². The number of hydrogen-bond donors (Lipinski definition) is 1. The molecule has 0 heterocycles. The van der Waals surface area contributed by atoms with Crippen molar-refractivity contribution in [2.75, 3.05) is 12.4 Å². The Labute approximate surface area is 167 Å². The van der Waals surface area contributed by atoms with E-state index in [1.165, 1.54) is 12.1 Å². The first-order chi connectivity index (χ1) is 13.9. The Hall–Kier alpha value is -3.41. The molecule has 0 bridgehead atoms. The minimum Gasteiger partial charge on any atom is -0.497 e. The van der Waals surface area contributed by atoms with Gasteiger partial charge < -0.3 is 14.8 Å². The lowest BCUT2D eigenvalue weighted by molar-refractivity contribution is -0.274. The van der Waals surface area contributed by atoms with Crippen LogP contribution < -0.4 is 14.8 Å². The van der Waals surface area contributed by atoms with Gasteiger partial charge in [0, 0.05) is 12.2 Å². The van der Waals surface area contributed by atoms with Gasteiger partial charge in [-0.05, 0) is 53.1 Å². The molecule has 0 spiro atoms. The summed E-state index contributed by atoms with van der Waals surface area (Å²) in [4.78, 5) is 0. The fourth-order valence-corrected chi connectivity index (χ4v) is 2.63. The molecule has 0 fully saturated rings. The molecule has 0 radical (unpaired) electrons.